The number of rotatable bonds is 4. The van der Waals surface area contributed by atoms with Gasteiger partial charge in [0.05, 0.1) is 17.5 Å². The van der Waals surface area contributed by atoms with Gasteiger partial charge in [-0.25, -0.2) is 4.79 Å². The van der Waals surface area contributed by atoms with Crippen molar-refractivity contribution in [3.8, 4) is 0 Å². The van der Waals surface area contributed by atoms with Crippen molar-refractivity contribution in [3.05, 3.63) is 34.9 Å². The Labute approximate surface area is 156 Å². The summed E-state index contributed by atoms with van der Waals surface area (Å²) in [5, 5.41) is 9.18. The van der Waals surface area contributed by atoms with E-state index in [2.05, 4.69) is 0 Å². The molecule has 7 heteroatoms. The lowest BCUT2D eigenvalue weighted by Crippen LogP contribution is -2.37. The quantitative estimate of drug-likeness (QED) is 0.804. The lowest BCUT2D eigenvalue weighted by Gasteiger charge is -2.35. The number of halogens is 3. The predicted octanol–water partition coefficient (Wildman–Crippen LogP) is 4.91. The number of aromatic carboxylic acids is 1. The summed E-state index contributed by atoms with van der Waals surface area (Å²) in [6.07, 6.45) is -3.01. The molecule has 1 heterocycles. The largest absolute Gasteiger partial charge is 0.478 e. The predicted molar refractivity (Wildman–Crippen MR) is 93.5 cm³/mol. The molecular formula is C20H24F3NO3. The highest BCUT2D eigenvalue weighted by Crippen LogP contribution is 2.43. The van der Waals surface area contributed by atoms with E-state index in [4.69, 9.17) is 0 Å². The molecule has 2 aliphatic rings. The second-order valence-corrected chi connectivity index (χ2v) is 8.01. The number of hydrogen-bond donors (Lipinski definition) is 1. The van der Waals surface area contributed by atoms with Crippen LogP contribution in [0.2, 0.25) is 0 Å². The van der Waals surface area contributed by atoms with E-state index in [9.17, 15) is 27.9 Å². The zero-order chi connectivity index (χ0) is 19.9. The smallest absolute Gasteiger partial charge is 0.391 e. The van der Waals surface area contributed by atoms with Crippen LogP contribution in [0.4, 0.5) is 13.2 Å². The molecule has 4 nitrogen and oxygen atoms in total. The molecule has 3 rings (SSSR count). The van der Waals surface area contributed by atoms with Gasteiger partial charge in [-0.15, -0.1) is 0 Å². The monoisotopic (exact) mass is 383 g/mol. The molecule has 1 fully saturated rings. The molecule has 0 unspecified atom stereocenters. The third-order valence-electron chi connectivity index (χ3n) is 5.84. The maximum absolute atomic E-state index is 12.9. The van der Waals surface area contributed by atoms with Gasteiger partial charge in [0.15, 0.2) is 0 Å². The molecule has 27 heavy (non-hydrogen) atoms. The molecule has 1 saturated carbocycles. The molecule has 1 aliphatic heterocycles. The normalized spacial score (nSPS) is 25.8. The van der Waals surface area contributed by atoms with Gasteiger partial charge in [0, 0.05) is 12.1 Å². The Hall–Kier alpha value is -2.05. The maximum atomic E-state index is 12.9. The standard InChI is InChI=1S/C20H24F3NO3/c1-11(2)17-15-8-5-13(19(26)27)9-16(15)18(25)24(17)10-12-3-6-14(7-4-12)20(21,22)23/h5,8-9,11-12,14,17H,3-4,6-7,10H2,1-2H3,(H,26,27)/t12?,14?,17-/m0/s1. The van der Waals surface area contributed by atoms with Crippen molar-refractivity contribution in [2.24, 2.45) is 17.8 Å². The van der Waals surface area contributed by atoms with E-state index in [0.29, 0.717) is 24.9 Å². The van der Waals surface area contributed by atoms with Gasteiger partial charge in [0.2, 0.25) is 0 Å². The SMILES string of the molecule is CC(C)[C@H]1c2ccc(C(=O)O)cc2C(=O)N1CC1CCC(C(F)(F)F)CC1. The number of hydrogen-bond acceptors (Lipinski definition) is 2. The average Bonchev–Trinajstić information content (AvgIpc) is 2.86. The van der Waals surface area contributed by atoms with Crippen molar-refractivity contribution >= 4 is 11.9 Å². The van der Waals surface area contributed by atoms with Crippen molar-refractivity contribution < 1.29 is 27.9 Å². The topological polar surface area (TPSA) is 57.6 Å². The minimum atomic E-state index is -4.14. The first-order valence-electron chi connectivity index (χ1n) is 9.34. The number of amides is 1. The summed E-state index contributed by atoms with van der Waals surface area (Å²) in [7, 11) is 0. The van der Waals surface area contributed by atoms with E-state index < -0.39 is 18.1 Å². The first-order valence-corrected chi connectivity index (χ1v) is 9.34. The van der Waals surface area contributed by atoms with E-state index in [1.165, 1.54) is 12.1 Å². The molecule has 1 aliphatic carbocycles. The van der Waals surface area contributed by atoms with Gasteiger partial charge in [-0.1, -0.05) is 19.9 Å². The molecule has 0 spiro atoms. The second-order valence-electron chi connectivity index (χ2n) is 8.01. The van der Waals surface area contributed by atoms with Gasteiger partial charge in [0.25, 0.3) is 5.91 Å². The zero-order valence-corrected chi connectivity index (χ0v) is 15.4. The molecule has 0 bridgehead atoms. The lowest BCUT2D eigenvalue weighted by atomic mass is 9.81. The van der Waals surface area contributed by atoms with Crippen molar-refractivity contribution in [1.82, 2.24) is 4.90 Å². The van der Waals surface area contributed by atoms with Gasteiger partial charge in [-0.3, -0.25) is 4.79 Å². The summed E-state index contributed by atoms with van der Waals surface area (Å²) in [6, 6.07) is 4.44. The number of fused-ring (bicyclic) bond motifs is 1. The molecule has 148 valence electrons. The van der Waals surface area contributed by atoms with E-state index in [-0.39, 0.29) is 42.2 Å². The van der Waals surface area contributed by atoms with Crippen LogP contribution in [-0.2, 0) is 0 Å². The number of carboxylic acid groups (broad SMARTS) is 1. The van der Waals surface area contributed by atoms with Gasteiger partial charge >= 0.3 is 12.1 Å². The Bertz CT molecular complexity index is 736. The van der Waals surface area contributed by atoms with Crippen LogP contribution in [0, 0.1) is 17.8 Å². The zero-order valence-electron chi connectivity index (χ0n) is 15.4. The van der Waals surface area contributed by atoms with Gasteiger partial charge in [0.1, 0.15) is 0 Å². The Morgan fingerprint density at radius 1 is 1.22 bits per heavy atom. The molecular weight excluding hydrogens is 359 g/mol. The Balaban J connectivity index is 1.77. The van der Waals surface area contributed by atoms with E-state index in [0.717, 1.165) is 5.56 Å². The summed E-state index contributed by atoms with van der Waals surface area (Å²) in [5.41, 5.74) is 1.28. The molecule has 1 aromatic rings. The molecule has 1 N–H and O–H groups in total. The Morgan fingerprint density at radius 2 is 1.85 bits per heavy atom. The summed E-state index contributed by atoms with van der Waals surface area (Å²) in [4.78, 5) is 25.9. The minimum absolute atomic E-state index is 0.0436. The Kier molecular flexibility index (Phi) is 5.23. The molecule has 0 saturated heterocycles. The fourth-order valence-electron chi connectivity index (χ4n) is 4.45. The molecule has 1 amide bonds. The number of benzene rings is 1. The summed E-state index contributed by atoms with van der Waals surface area (Å²) in [6.45, 7) is 4.40. The number of carbonyl (C=O) groups is 2. The highest BCUT2D eigenvalue weighted by Gasteiger charge is 2.44. The minimum Gasteiger partial charge on any atom is -0.478 e. The number of alkyl halides is 3. The molecule has 0 aromatic heterocycles. The highest BCUT2D eigenvalue weighted by atomic mass is 19.4. The third-order valence-corrected chi connectivity index (χ3v) is 5.84. The highest BCUT2D eigenvalue weighted by molar-refractivity contribution is 6.01. The van der Waals surface area contributed by atoms with Crippen molar-refractivity contribution in [2.45, 2.75) is 51.7 Å². The average molecular weight is 383 g/mol. The van der Waals surface area contributed by atoms with Crippen LogP contribution in [0.25, 0.3) is 0 Å². The summed E-state index contributed by atoms with van der Waals surface area (Å²) >= 11 is 0. The van der Waals surface area contributed by atoms with Crippen molar-refractivity contribution in [2.75, 3.05) is 6.54 Å². The lowest BCUT2D eigenvalue weighted by molar-refractivity contribution is -0.184. The van der Waals surface area contributed by atoms with Crippen LogP contribution in [0.1, 0.15) is 71.9 Å². The number of carboxylic acids is 1. The van der Waals surface area contributed by atoms with Gasteiger partial charge in [-0.05, 0) is 55.2 Å². The van der Waals surface area contributed by atoms with E-state index in [1.54, 1.807) is 11.0 Å². The first kappa shape index (κ1) is 19.7. The molecule has 1 aromatic carbocycles. The maximum Gasteiger partial charge on any atom is 0.391 e. The van der Waals surface area contributed by atoms with Crippen LogP contribution in [0.3, 0.4) is 0 Å². The van der Waals surface area contributed by atoms with Crippen LogP contribution >= 0.6 is 0 Å². The van der Waals surface area contributed by atoms with Crippen LogP contribution < -0.4 is 0 Å². The number of carbonyl (C=O) groups excluding carboxylic acids is 1. The van der Waals surface area contributed by atoms with E-state index in [1.807, 2.05) is 13.8 Å². The van der Waals surface area contributed by atoms with Crippen LogP contribution in [0.15, 0.2) is 18.2 Å². The van der Waals surface area contributed by atoms with Gasteiger partial charge < -0.3 is 10.0 Å². The summed E-state index contributed by atoms with van der Waals surface area (Å²) < 4.78 is 38.6. The number of nitrogens with zero attached hydrogens (tertiary/aromatic N) is 1. The third kappa shape index (κ3) is 3.82. The van der Waals surface area contributed by atoms with Crippen LogP contribution in [0.5, 0.6) is 0 Å². The van der Waals surface area contributed by atoms with Crippen molar-refractivity contribution in [3.63, 3.8) is 0 Å². The van der Waals surface area contributed by atoms with E-state index >= 15 is 0 Å². The fourth-order valence-corrected chi connectivity index (χ4v) is 4.45. The molecule has 1 atom stereocenters. The summed E-state index contributed by atoms with van der Waals surface area (Å²) in [5.74, 6) is -2.38. The van der Waals surface area contributed by atoms with Crippen molar-refractivity contribution in [1.29, 1.82) is 0 Å². The fraction of sp³-hybridized carbons (Fsp3) is 0.600. The second kappa shape index (κ2) is 7.17. The van der Waals surface area contributed by atoms with Gasteiger partial charge in [-0.2, -0.15) is 13.2 Å². The van der Waals surface area contributed by atoms with Crippen LogP contribution in [-0.4, -0.2) is 34.6 Å². The first-order chi connectivity index (χ1) is 12.6. The molecule has 0 radical (unpaired) electrons. The Morgan fingerprint density at radius 3 is 2.37 bits per heavy atom.